The van der Waals surface area contributed by atoms with Crippen molar-refractivity contribution in [1.29, 1.82) is 0 Å². The summed E-state index contributed by atoms with van der Waals surface area (Å²) in [6.07, 6.45) is 2.00. The van der Waals surface area contributed by atoms with E-state index in [1.54, 1.807) is 18.3 Å². The second kappa shape index (κ2) is 3.64. The number of aromatic nitrogens is 1. The molecule has 2 N–H and O–H groups in total. The molecule has 1 aromatic rings. The van der Waals surface area contributed by atoms with Gasteiger partial charge in [-0.3, -0.25) is 4.98 Å². The summed E-state index contributed by atoms with van der Waals surface area (Å²) in [5.41, 5.74) is 0.742. The zero-order chi connectivity index (χ0) is 9.03. The van der Waals surface area contributed by atoms with E-state index in [9.17, 15) is 8.42 Å². The van der Waals surface area contributed by atoms with Gasteiger partial charge in [0.05, 0.1) is 5.75 Å². The van der Waals surface area contributed by atoms with Crippen molar-refractivity contribution >= 4 is 10.0 Å². The predicted octanol–water partition coefficient (Wildman–Crippen LogP) is -0.0874. The minimum atomic E-state index is -3.36. The maximum absolute atomic E-state index is 10.6. The van der Waals surface area contributed by atoms with Crippen molar-refractivity contribution in [2.75, 3.05) is 5.75 Å². The van der Waals surface area contributed by atoms with Gasteiger partial charge in [0, 0.05) is 18.3 Å². The molecule has 0 atom stereocenters. The van der Waals surface area contributed by atoms with E-state index in [1.807, 2.05) is 6.07 Å². The van der Waals surface area contributed by atoms with Crippen LogP contribution in [0.4, 0.5) is 0 Å². The minimum Gasteiger partial charge on any atom is -0.261 e. The third-order valence-electron chi connectivity index (χ3n) is 1.37. The standard InChI is InChI=1S/C7H10N2O2S/c8-12(10,11)6-4-7-3-1-2-5-9-7/h1-3,5H,4,6H2,(H2,8,10,11). The molecule has 0 amide bonds. The molecule has 0 saturated heterocycles. The highest BCUT2D eigenvalue weighted by molar-refractivity contribution is 7.89. The lowest BCUT2D eigenvalue weighted by Crippen LogP contribution is -2.18. The molecule has 0 aliphatic carbocycles. The Labute approximate surface area is 71.5 Å². The molecule has 0 bridgehead atoms. The summed E-state index contributed by atoms with van der Waals surface area (Å²) >= 11 is 0. The first-order chi connectivity index (χ1) is 5.58. The normalized spacial score (nSPS) is 11.4. The average Bonchev–Trinajstić information content (AvgIpc) is 2.02. The van der Waals surface area contributed by atoms with Gasteiger partial charge in [0.1, 0.15) is 0 Å². The Hall–Kier alpha value is -0.940. The fraction of sp³-hybridized carbons (Fsp3) is 0.286. The van der Waals surface area contributed by atoms with Crippen molar-refractivity contribution in [3.05, 3.63) is 30.1 Å². The van der Waals surface area contributed by atoms with Gasteiger partial charge >= 0.3 is 0 Å². The summed E-state index contributed by atoms with van der Waals surface area (Å²) in [6.45, 7) is 0. The van der Waals surface area contributed by atoms with Gasteiger partial charge in [-0.05, 0) is 12.1 Å². The van der Waals surface area contributed by atoms with E-state index >= 15 is 0 Å². The van der Waals surface area contributed by atoms with Gasteiger partial charge in [-0.15, -0.1) is 0 Å². The highest BCUT2D eigenvalue weighted by Crippen LogP contribution is 1.95. The van der Waals surface area contributed by atoms with Crippen LogP contribution >= 0.6 is 0 Å². The Morgan fingerprint density at radius 2 is 2.17 bits per heavy atom. The Morgan fingerprint density at radius 1 is 1.42 bits per heavy atom. The molecule has 0 unspecified atom stereocenters. The summed E-state index contributed by atoms with van der Waals surface area (Å²) in [5.74, 6) is -0.0516. The van der Waals surface area contributed by atoms with Gasteiger partial charge in [-0.25, -0.2) is 13.6 Å². The number of pyridine rings is 1. The van der Waals surface area contributed by atoms with Gasteiger partial charge in [-0.1, -0.05) is 6.07 Å². The van der Waals surface area contributed by atoms with E-state index in [-0.39, 0.29) is 5.75 Å². The lowest BCUT2D eigenvalue weighted by molar-refractivity contribution is 0.596. The lowest BCUT2D eigenvalue weighted by atomic mass is 10.3. The highest BCUT2D eigenvalue weighted by Gasteiger charge is 2.02. The molecule has 0 spiro atoms. The average molecular weight is 186 g/mol. The quantitative estimate of drug-likeness (QED) is 0.717. The maximum atomic E-state index is 10.6. The van der Waals surface area contributed by atoms with Crippen LogP contribution < -0.4 is 5.14 Å². The topological polar surface area (TPSA) is 73.1 Å². The number of primary sulfonamides is 1. The van der Waals surface area contributed by atoms with Crippen molar-refractivity contribution in [2.45, 2.75) is 6.42 Å². The molecule has 66 valence electrons. The lowest BCUT2D eigenvalue weighted by Gasteiger charge is -1.97. The van der Waals surface area contributed by atoms with Crippen molar-refractivity contribution < 1.29 is 8.42 Å². The van der Waals surface area contributed by atoms with Gasteiger partial charge in [0.25, 0.3) is 0 Å². The third kappa shape index (κ3) is 3.45. The molecule has 5 heteroatoms. The van der Waals surface area contributed by atoms with Crippen molar-refractivity contribution in [3.63, 3.8) is 0 Å². The molecule has 0 aromatic carbocycles. The van der Waals surface area contributed by atoms with Crippen LogP contribution in [0.3, 0.4) is 0 Å². The smallest absolute Gasteiger partial charge is 0.209 e. The summed E-state index contributed by atoms with van der Waals surface area (Å²) < 4.78 is 21.1. The largest absolute Gasteiger partial charge is 0.261 e. The summed E-state index contributed by atoms with van der Waals surface area (Å²) in [7, 11) is -3.36. The van der Waals surface area contributed by atoms with Crippen LogP contribution in [0, 0.1) is 0 Å². The van der Waals surface area contributed by atoms with Crippen LogP contribution in [0.2, 0.25) is 0 Å². The number of rotatable bonds is 3. The van der Waals surface area contributed by atoms with Crippen molar-refractivity contribution in [2.24, 2.45) is 5.14 Å². The molecule has 0 saturated carbocycles. The van der Waals surface area contributed by atoms with Crippen LogP contribution in [0.25, 0.3) is 0 Å². The Kier molecular flexibility index (Phi) is 2.78. The summed E-state index contributed by atoms with van der Waals surface area (Å²) in [4.78, 5) is 3.96. The van der Waals surface area contributed by atoms with Gasteiger partial charge in [0.15, 0.2) is 0 Å². The fourth-order valence-corrected chi connectivity index (χ4v) is 1.29. The van der Waals surface area contributed by atoms with Gasteiger partial charge in [-0.2, -0.15) is 0 Å². The summed E-state index contributed by atoms with van der Waals surface area (Å²) in [5, 5.41) is 4.83. The van der Waals surface area contributed by atoms with Crippen LogP contribution in [0.5, 0.6) is 0 Å². The molecule has 0 fully saturated rings. The number of nitrogens with two attached hydrogens (primary N) is 1. The van der Waals surface area contributed by atoms with Crippen LogP contribution in [0.1, 0.15) is 5.69 Å². The van der Waals surface area contributed by atoms with Crippen molar-refractivity contribution in [3.8, 4) is 0 Å². The van der Waals surface area contributed by atoms with E-state index in [2.05, 4.69) is 4.98 Å². The van der Waals surface area contributed by atoms with Crippen LogP contribution in [-0.2, 0) is 16.4 Å². The zero-order valence-corrected chi connectivity index (χ0v) is 7.29. The predicted molar refractivity (Wildman–Crippen MR) is 45.9 cm³/mol. The van der Waals surface area contributed by atoms with Crippen LogP contribution in [-0.4, -0.2) is 19.2 Å². The number of sulfonamides is 1. The molecule has 1 heterocycles. The van der Waals surface area contributed by atoms with E-state index in [0.29, 0.717) is 6.42 Å². The van der Waals surface area contributed by atoms with E-state index in [0.717, 1.165) is 5.69 Å². The summed E-state index contributed by atoms with van der Waals surface area (Å²) in [6, 6.07) is 5.36. The first-order valence-electron chi connectivity index (χ1n) is 3.48. The SMILES string of the molecule is NS(=O)(=O)CCc1ccccn1. The molecule has 1 rings (SSSR count). The van der Waals surface area contributed by atoms with Gasteiger partial charge in [0.2, 0.25) is 10.0 Å². The highest BCUT2D eigenvalue weighted by atomic mass is 32.2. The molecule has 12 heavy (non-hydrogen) atoms. The number of hydrogen-bond acceptors (Lipinski definition) is 3. The first-order valence-corrected chi connectivity index (χ1v) is 5.20. The Bertz CT molecular complexity index is 334. The first kappa shape index (κ1) is 9.15. The minimum absolute atomic E-state index is 0.0516. The fourth-order valence-electron chi connectivity index (χ4n) is 0.793. The molecular weight excluding hydrogens is 176 g/mol. The van der Waals surface area contributed by atoms with Crippen molar-refractivity contribution in [1.82, 2.24) is 4.98 Å². The van der Waals surface area contributed by atoms with E-state index in [1.165, 1.54) is 0 Å². The second-order valence-corrected chi connectivity index (χ2v) is 4.17. The molecule has 1 aromatic heterocycles. The number of aryl methyl sites for hydroxylation is 1. The van der Waals surface area contributed by atoms with E-state index in [4.69, 9.17) is 5.14 Å². The number of hydrogen-bond donors (Lipinski definition) is 1. The zero-order valence-electron chi connectivity index (χ0n) is 6.47. The molecular formula is C7H10N2O2S. The maximum Gasteiger partial charge on any atom is 0.209 e. The molecule has 0 radical (unpaired) electrons. The monoisotopic (exact) mass is 186 g/mol. The van der Waals surface area contributed by atoms with Gasteiger partial charge < -0.3 is 0 Å². The van der Waals surface area contributed by atoms with E-state index < -0.39 is 10.0 Å². The molecule has 4 nitrogen and oxygen atoms in total. The molecule has 0 aliphatic heterocycles. The second-order valence-electron chi connectivity index (χ2n) is 2.44. The van der Waals surface area contributed by atoms with Crippen LogP contribution in [0.15, 0.2) is 24.4 Å². The number of nitrogens with zero attached hydrogens (tertiary/aromatic N) is 1. The Balaban J connectivity index is 2.56. The third-order valence-corrected chi connectivity index (χ3v) is 2.14. The Morgan fingerprint density at radius 3 is 2.67 bits per heavy atom. The molecule has 0 aliphatic rings.